The van der Waals surface area contributed by atoms with Gasteiger partial charge in [-0.25, -0.2) is 19.9 Å². The Morgan fingerprint density at radius 3 is 2.54 bits per heavy atom. The average Bonchev–Trinajstić information content (AvgIpc) is 2.64. The van der Waals surface area contributed by atoms with E-state index in [2.05, 4.69) is 46.1 Å². The summed E-state index contributed by atoms with van der Waals surface area (Å²) in [5.74, 6) is 1.87. The van der Waals surface area contributed by atoms with E-state index in [-0.39, 0.29) is 0 Å². The number of anilines is 2. The Labute approximate surface area is 150 Å². The van der Waals surface area contributed by atoms with Crippen molar-refractivity contribution in [3.63, 3.8) is 0 Å². The molecule has 0 bridgehead atoms. The molecule has 6 nitrogen and oxygen atoms in total. The van der Waals surface area contributed by atoms with Gasteiger partial charge in [-0.2, -0.15) is 0 Å². The van der Waals surface area contributed by atoms with Gasteiger partial charge in [0.1, 0.15) is 12.1 Å². The largest absolute Gasteiger partial charge is 0.356 e. The van der Waals surface area contributed by atoms with Crippen molar-refractivity contribution < 1.29 is 0 Å². The first-order chi connectivity index (χ1) is 11.8. The van der Waals surface area contributed by atoms with Crippen LogP contribution in [0.2, 0.25) is 0 Å². The van der Waals surface area contributed by atoms with Gasteiger partial charge in [-0.3, -0.25) is 0 Å². The molecule has 0 saturated carbocycles. The van der Waals surface area contributed by atoms with Gasteiger partial charge in [-0.1, -0.05) is 0 Å². The quantitative estimate of drug-likeness (QED) is 0.871. The van der Waals surface area contributed by atoms with Crippen LogP contribution >= 0.6 is 15.9 Å². The first kappa shape index (κ1) is 15.7. The van der Waals surface area contributed by atoms with Crippen LogP contribution in [0.15, 0.2) is 23.2 Å². The highest BCUT2D eigenvalue weighted by Gasteiger charge is 2.24. The summed E-state index contributed by atoms with van der Waals surface area (Å²) in [4.78, 5) is 20.1. The van der Waals surface area contributed by atoms with E-state index in [0.717, 1.165) is 49.1 Å². The number of piperidine rings is 1. The van der Waals surface area contributed by atoms with Crippen LogP contribution in [0.3, 0.4) is 0 Å². The highest BCUT2D eigenvalue weighted by Crippen LogP contribution is 2.29. The number of hydrogen-bond acceptors (Lipinski definition) is 6. The molecule has 1 saturated heterocycles. The van der Waals surface area contributed by atoms with Gasteiger partial charge in [0.05, 0.1) is 4.47 Å². The summed E-state index contributed by atoms with van der Waals surface area (Å²) < 4.78 is 0.899. The van der Waals surface area contributed by atoms with E-state index in [1.807, 2.05) is 0 Å². The molecular formula is C17H21BrN6. The maximum absolute atomic E-state index is 4.60. The molecule has 1 aliphatic carbocycles. The standard InChI is InChI=1S/C17H21BrN6/c18-12-9-19-17(20-10-12)23-13-5-7-24(8-6-13)16-14-3-1-2-4-15(14)21-11-22-16/h9-11,13H,1-8H2,(H,19,20,23). The molecule has 126 valence electrons. The van der Waals surface area contributed by atoms with Gasteiger partial charge in [0.25, 0.3) is 0 Å². The fourth-order valence-electron chi connectivity index (χ4n) is 3.58. The molecule has 1 fully saturated rings. The van der Waals surface area contributed by atoms with Gasteiger partial charge >= 0.3 is 0 Å². The van der Waals surface area contributed by atoms with Crippen molar-refractivity contribution in [3.05, 3.63) is 34.5 Å². The van der Waals surface area contributed by atoms with Gasteiger partial charge in [-0.05, 0) is 54.5 Å². The summed E-state index contributed by atoms with van der Waals surface area (Å²) >= 11 is 3.36. The van der Waals surface area contributed by atoms with Crippen LogP contribution in [0.1, 0.15) is 36.9 Å². The molecule has 2 aromatic rings. The Balaban J connectivity index is 1.40. The Morgan fingerprint density at radius 2 is 1.75 bits per heavy atom. The van der Waals surface area contributed by atoms with Crippen LogP contribution in [-0.4, -0.2) is 39.1 Å². The molecule has 0 radical (unpaired) electrons. The SMILES string of the molecule is Brc1cnc(NC2CCN(c3ncnc4c3CCCC4)CC2)nc1. The number of nitrogens with zero attached hydrogens (tertiary/aromatic N) is 5. The first-order valence-electron chi connectivity index (χ1n) is 8.61. The summed E-state index contributed by atoms with van der Waals surface area (Å²) in [6.07, 6.45) is 12.2. The molecule has 0 spiro atoms. The van der Waals surface area contributed by atoms with Crippen LogP contribution in [0, 0.1) is 0 Å². The molecular weight excluding hydrogens is 368 g/mol. The number of halogens is 1. The minimum absolute atomic E-state index is 0.417. The zero-order chi connectivity index (χ0) is 16.4. The molecule has 2 aromatic heterocycles. The van der Waals surface area contributed by atoms with Crippen molar-refractivity contribution in [2.24, 2.45) is 0 Å². The van der Waals surface area contributed by atoms with Gasteiger partial charge in [-0.15, -0.1) is 0 Å². The Morgan fingerprint density at radius 1 is 1.00 bits per heavy atom. The van der Waals surface area contributed by atoms with Crippen LogP contribution in [0.4, 0.5) is 11.8 Å². The van der Waals surface area contributed by atoms with Gasteiger partial charge in [0, 0.05) is 42.8 Å². The number of fused-ring (bicyclic) bond motifs is 1. The van der Waals surface area contributed by atoms with Crippen LogP contribution in [-0.2, 0) is 12.8 Å². The van der Waals surface area contributed by atoms with E-state index < -0.39 is 0 Å². The number of rotatable bonds is 3. The monoisotopic (exact) mass is 388 g/mol. The molecule has 3 heterocycles. The van der Waals surface area contributed by atoms with Crippen LogP contribution in [0.5, 0.6) is 0 Å². The summed E-state index contributed by atoms with van der Waals surface area (Å²) in [6, 6.07) is 0.417. The lowest BCUT2D eigenvalue weighted by atomic mass is 9.95. The summed E-state index contributed by atoms with van der Waals surface area (Å²) in [6.45, 7) is 2.02. The zero-order valence-corrected chi connectivity index (χ0v) is 15.2. The lowest BCUT2D eigenvalue weighted by Crippen LogP contribution is -2.40. The van der Waals surface area contributed by atoms with E-state index in [4.69, 9.17) is 0 Å². The second kappa shape index (κ2) is 7.01. The number of hydrogen-bond donors (Lipinski definition) is 1. The van der Waals surface area contributed by atoms with Crippen molar-refractivity contribution in [2.45, 2.75) is 44.6 Å². The van der Waals surface area contributed by atoms with Gasteiger partial charge in [0.15, 0.2) is 0 Å². The predicted octanol–water partition coefficient (Wildman–Crippen LogP) is 2.99. The van der Waals surface area contributed by atoms with E-state index in [9.17, 15) is 0 Å². The van der Waals surface area contributed by atoms with Crippen molar-refractivity contribution in [3.8, 4) is 0 Å². The lowest BCUT2D eigenvalue weighted by molar-refractivity contribution is 0.517. The second-order valence-electron chi connectivity index (χ2n) is 6.46. The molecule has 0 amide bonds. The van der Waals surface area contributed by atoms with Crippen molar-refractivity contribution >= 4 is 27.7 Å². The maximum atomic E-state index is 4.60. The van der Waals surface area contributed by atoms with Crippen molar-refractivity contribution in [1.29, 1.82) is 0 Å². The van der Waals surface area contributed by atoms with Crippen LogP contribution in [0.25, 0.3) is 0 Å². The van der Waals surface area contributed by atoms with Crippen molar-refractivity contribution in [2.75, 3.05) is 23.3 Å². The summed E-state index contributed by atoms with van der Waals surface area (Å²) in [7, 11) is 0. The summed E-state index contributed by atoms with van der Waals surface area (Å²) in [5.41, 5.74) is 2.64. The molecule has 1 aliphatic heterocycles. The number of nitrogens with one attached hydrogen (secondary N) is 1. The molecule has 2 aliphatic rings. The Bertz CT molecular complexity index is 697. The third-order valence-electron chi connectivity index (χ3n) is 4.85. The first-order valence-corrected chi connectivity index (χ1v) is 9.40. The second-order valence-corrected chi connectivity index (χ2v) is 7.38. The Kier molecular flexibility index (Phi) is 4.60. The molecule has 4 rings (SSSR count). The average molecular weight is 389 g/mol. The smallest absolute Gasteiger partial charge is 0.222 e. The normalized spacial score (nSPS) is 18.3. The highest BCUT2D eigenvalue weighted by molar-refractivity contribution is 9.10. The topological polar surface area (TPSA) is 66.8 Å². The highest BCUT2D eigenvalue weighted by atomic mass is 79.9. The van der Waals surface area contributed by atoms with Crippen LogP contribution < -0.4 is 10.2 Å². The van der Waals surface area contributed by atoms with E-state index in [1.54, 1.807) is 18.7 Å². The van der Waals surface area contributed by atoms with Gasteiger partial charge in [0.2, 0.25) is 5.95 Å². The third kappa shape index (κ3) is 3.36. The third-order valence-corrected chi connectivity index (χ3v) is 5.26. The molecule has 0 atom stereocenters. The van der Waals surface area contributed by atoms with E-state index in [1.165, 1.54) is 24.1 Å². The molecule has 1 N–H and O–H groups in total. The lowest BCUT2D eigenvalue weighted by Gasteiger charge is -2.35. The van der Waals surface area contributed by atoms with Gasteiger partial charge < -0.3 is 10.2 Å². The van der Waals surface area contributed by atoms with Crippen molar-refractivity contribution in [1.82, 2.24) is 19.9 Å². The zero-order valence-electron chi connectivity index (χ0n) is 13.6. The molecule has 0 unspecified atom stereocenters. The Hall–Kier alpha value is -1.76. The minimum atomic E-state index is 0.417. The molecule has 0 aromatic carbocycles. The number of aryl methyl sites for hydroxylation is 1. The van der Waals surface area contributed by atoms with E-state index in [0.29, 0.717) is 12.0 Å². The molecule has 24 heavy (non-hydrogen) atoms. The predicted molar refractivity (Wildman–Crippen MR) is 97.3 cm³/mol. The molecule has 7 heteroatoms. The fraction of sp³-hybridized carbons (Fsp3) is 0.529. The summed E-state index contributed by atoms with van der Waals surface area (Å²) in [5, 5.41) is 3.44. The fourth-order valence-corrected chi connectivity index (χ4v) is 3.79. The maximum Gasteiger partial charge on any atom is 0.222 e. The number of aromatic nitrogens is 4. The minimum Gasteiger partial charge on any atom is -0.356 e. The van der Waals surface area contributed by atoms with E-state index >= 15 is 0 Å².